The SMILES string of the molecule is CCOc1ccc(Cl)c(/C(O)=C2/C(=O)C(=O)N(c3cccc(NC(C)=O)c3)C2c2ccco2)c1. The molecule has 0 aliphatic carbocycles. The predicted octanol–water partition coefficient (Wildman–Crippen LogP) is 4.92. The minimum absolute atomic E-state index is 0.147. The number of aliphatic hydroxyl groups excluding tert-OH is 1. The van der Waals surface area contributed by atoms with Gasteiger partial charge in [-0.3, -0.25) is 19.3 Å². The van der Waals surface area contributed by atoms with Gasteiger partial charge in [-0.05, 0) is 55.5 Å². The fourth-order valence-corrected chi connectivity index (χ4v) is 4.05. The maximum atomic E-state index is 13.2. The third-order valence-electron chi connectivity index (χ3n) is 5.21. The normalized spacial score (nSPS) is 17.1. The molecule has 9 heteroatoms. The van der Waals surface area contributed by atoms with Gasteiger partial charge in [0.25, 0.3) is 11.7 Å². The van der Waals surface area contributed by atoms with Crippen molar-refractivity contribution in [3.05, 3.63) is 82.8 Å². The van der Waals surface area contributed by atoms with Gasteiger partial charge in [0.1, 0.15) is 23.3 Å². The first-order chi connectivity index (χ1) is 16.3. The van der Waals surface area contributed by atoms with Crippen molar-refractivity contribution in [1.29, 1.82) is 0 Å². The summed E-state index contributed by atoms with van der Waals surface area (Å²) >= 11 is 6.33. The van der Waals surface area contributed by atoms with E-state index in [9.17, 15) is 19.5 Å². The number of nitrogens with zero attached hydrogens (tertiary/aromatic N) is 1. The average Bonchev–Trinajstić information content (AvgIpc) is 3.41. The number of amides is 2. The van der Waals surface area contributed by atoms with E-state index < -0.39 is 23.5 Å². The maximum Gasteiger partial charge on any atom is 0.300 e. The lowest BCUT2D eigenvalue weighted by molar-refractivity contribution is -0.132. The predicted molar refractivity (Wildman–Crippen MR) is 127 cm³/mol. The van der Waals surface area contributed by atoms with Crippen molar-refractivity contribution in [2.45, 2.75) is 19.9 Å². The first kappa shape index (κ1) is 23.1. The number of Topliss-reactive ketones (excluding diaryl/α,β-unsaturated/α-hetero) is 1. The summed E-state index contributed by atoms with van der Waals surface area (Å²) in [5.74, 6) is -1.79. The van der Waals surface area contributed by atoms with Crippen molar-refractivity contribution in [2.75, 3.05) is 16.8 Å². The van der Waals surface area contributed by atoms with Crippen LogP contribution < -0.4 is 15.0 Å². The number of ether oxygens (including phenoxy) is 1. The van der Waals surface area contributed by atoms with E-state index in [2.05, 4.69) is 5.32 Å². The molecule has 0 bridgehead atoms. The van der Waals surface area contributed by atoms with Gasteiger partial charge in [0.15, 0.2) is 0 Å². The highest BCUT2D eigenvalue weighted by Gasteiger charge is 2.48. The number of hydrogen-bond donors (Lipinski definition) is 2. The van der Waals surface area contributed by atoms with Crippen LogP contribution in [0.25, 0.3) is 5.76 Å². The molecule has 0 saturated carbocycles. The molecular weight excluding hydrogens is 460 g/mol. The van der Waals surface area contributed by atoms with E-state index in [1.54, 1.807) is 42.5 Å². The van der Waals surface area contributed by atoms with Crippen molar-refractivity contribution in [3.8, 4) is 5.75 Å². The van der Waals surface area contributed by atoms with Crippen LogP contribution in [-0.2, 0) is 14.4 Å². The lowest BCUT2D eigenvalue weighted by atomic mass is 9.99. The number of halogens is 1. The molecule has 34 heavy (non-hydrogen) atoms. The minimum atomic E-state index is -1.06. The maximum absolute atomic E-state index is 13.2. The lowest BCUT2D eigenvalue weighted by Crippen LogP contribution is -2.29. The van der Waals surface area contributed by atoms with Gasteiger partial charge in [-0.25, -0.2) is 0 Å². The van der Waals surface area contributed by atoms with E-state index >= 15 is 0 Å². The van der Waals surface area contributed by atoms with Gasteiger partial charge in [0.05, 0.1) is 23.5 Å². The Morgan fingerprint density at radius 2 is 1.97 bits per heavy atom. The van der Waals surface area contributed by atoms with Crippen molar-refractivity contribution < 1.29 is 28.6 Å². The third kappa shape index (κ3) is 4.27. The van der Waals surface area contributed by atoms with Crippen LogP contribution in [0, 0.1) is 0 Å². The Morgan fingerprint density at radius 1 is 1.18 bits per heavy atom. The summed E-state index contributed by atoms with van der Waals surface area (Å²) in [6, 6.07) is 13.3. The quantitative estimate of drug-likeness (QED) is 0.294. The number of anilines is 2. The van der Waals surface area contributed by atoms with Crippen molar-refractivity contribution in [3.63, 3.8) is 0 Å². The van der Waals surface area contributed by atoms with Gasteiger partial charge >= 0.3 is 0 Å². The molecule has 1 aromatic heterocycles. The Hall–Kier alpha value is -4.04. The summed E-state index contributed by atoms with van der Waals surface area (Å²) < 4.78 is 11.0. The van der Waals surface area contributed by atoms with Gasteiger partial charge in [-0.15, -0.1) is 0 Å². The molecule has 0 spiro atoms. The summed E-state index contributed by atoms with van der Waals surface area (Å²) in [6.45, 7) is 3.57. The van der Waals surface area contributed by atoms with E-state index in [1.807, 2.05) is 6.92 Å². The fraction of sp³-hybridized carbons (Fsp3) is 0.160. The molecule has 3 aromatic rings. The molecule has 0 radical (unpaired) electrons. The molecule has 2 amide bonds. The highest BCUT2D eigenvalue weighted by atomic mass is 35.5. The number of benzene rings is 2. The molecule has 2 heterocycles. The molecule has 8 nitrogen and oxygen atoms in total. The smallest absolute Gasteiger partial charge is 0.300 e. The number of nitrogens with one attached hydrogen (secondary N) is 1. The molecule has 1 fully saturated rings. The average molecular weight is 481 g/mol. The summed E-state index contributed by atoms with van der Waals surface area (Å²) in [6.07, 6.45) is 1.41. The van der Waals surface area contributed by atoms with Crippen LogP contribution in [-0.4, -0.2) is 29.3 Å². The van der Waals surface area contributed by atoms with Crippen molar-refractivity contribution >= 4 is 46.3 Å². The number of furan rings is 1. The van der Waals surface area contributed by atoms with Gasteiger partial charge in [-0.2, -0.15) is 0 Å². The zero-order valence-corrected chi connectivity index (χ0v) is 19.1. The first-order valence-electron chi connectivity index (χ1n) is 10.5. The molecule has 174 valence electrons. The zero-order chi connectivity index (χ0) is 24.4. The fourth-order valence-electron chi connectivity index (χ4n) is 3.84. The van der Waals surface area contributed by atoms with Crippen molar-refractivity contribution in [2.24, 2.45) is 0 Å². The second-order valence-electron chi connectivity index (χ2n) is 7.49. The molecule has 1 atom stereocenters. The number of carbonyl (C=O) groups excluding carboxylic acids is 3. The van der Waals surface area contributed by atoms with E-state index in [0.717, 1.165) is 0 Å². The monoisotopic (exact) mass is 480 g/mol. The lowest BCUT2D eigenvalue weighted by Gasteiger charge is -2.24. The van der Waals surface area contributed by atoms with Crippen LogP contribution in [0.1, 0.15) is 31.2 Å². The van der Waals surface area contributed by atoms with E-state index in [1.165, 1.54) is 30.2 Å². The van der Waals surface area contributed by atoms with Gasteiger partial charge in [0, 0.05) is 23.9 Å². The highest BCUT2D eigenvalue weighted by molar-refractivity contribution is 6.52. The van der Waals surface area contributed by atoms with E-state index in [4.69, 9.17) is 20.8 Å². The summed E-state index contributed by atoms with van der Waals surface area (Å²) in [5.41, 5.74) is 0.745. The third-order valence-corrected chi connectivity index (χ3v) is 5.54. The first-order valence-corrected chi connectivity index (χ1v) is 10.8. The largest absolute Gasteiger partial charge is 0.507 e. The topological polar surface area (TPSA) is 109 Å². The second kappa shape index (κ2) is 9.44. The van der Waals surface area contributed by atoms with Crippen LogP contribution in [0.2, 0.25) is 5.02 Å². The van der Waals surface area contributed by atoms with E-state index in [0.29, 0.717) is 23.7 Å². The van der Waals surface area contributed by atoms with Gasteiger partial charge in [-0.1, -0.05) is 17.7 Å². The summed E-state index contributed by atoms with van der Waals surface area (Å²) in [7, 11) is 0. The van der Waals surface area contributed by atoms with Crippen LogP contribution in [0.5, 0.6) is 5.75 Å². The number of ketones is 1. The van der Waals surface area contributed by atoms with Crippen molar-refractivity contribution in [1.82, 2.24) is 0 Å². The Bertz CT molecular complexity index is 1300. The van der Waals surface area contributed by atoms with E-state index in [-0.39, 0.29) is 27.8 Å². The summed E-state index contributed by atoms with van der Waals surface area (Å²) in [4.78, 5) is 39.1. The van der Waals surface area contributed by atoms with Crippen LogP contribution in [0.15, 0.2) is 70.9 Å². The van der Waals surface area contributed by atoms with Crippen LogP contribution in [0.4, 0.5) is 11.4 Å². The van der Waals surface area contributed by atoms with Crippen LogP contribution in [0.3, 0.4) is 0 Å². The molecule has 1 aliphatic heterocycles. The number of carbonyl (C=O) groups is 3. The minimum Gasteiger partial charge on any atom is -0.507 e. The number of hydrogen-bond acceptors (Lipinski definition) is 6. The Kier molecular flexibility index (Phi) is 6.43. The zero-order valence-electron chi connectivity index (χ0n) is 18.4. The number of rotatable bonds is 6. The van der Waals surface area contributed by atoms with Gasteiger partial charge in [0.2, 0.25) is 5.91 Å². The Morgan fingerprint density at radius 3 is 2.65 bits per heavy atom. The molecule has 2 aromatic carbocycles. The molecule has 2 N–H and O–H groups in total. The molecular formula is C25H21ClN2O6. The molecule has 4 rings (SSSR count). The molecule has 1 saturated heterocycles. The molecule has 1 aliphatic rings. The highest BCUT2D eigenvalue weighted by Crippen LogP contribution is 2.43. The molecule has 1 unspecified atom stereocenters. The number of aliphatic hydroxyl groups is 1. The Labute approximate surface area is 200 Å². The van der Waals surface area contributed by atoms with Crippen LogP contribution >= 0.6 is 11.6 Å². The van der Waals surface area contributed by atoms with Gasteiger partial charge < -0.3 is 19.6 Å². The standard InChI is InChI=1S/C25H21ClN2O6/c1-3-33-17-9-10-19(26)18(13-17)23(30)21-22(20-8-5-11-34-20)28(25(32)24(21)31)16-7-4-6-15(12-16)27-14(2)29/h4-13,22,30H,3H2,1-2H3,(H,27,29)/b23-21-. The second-order valence-corrected chi connectivity index (χ2v) is 7.90. The Balaban J connectivity index is 1.89. The summed E-state index contributed by atoms with van der Waals surface area (Å²) in [5, 5.41) is 14.1.